The van der Waals surface area contributed by atoms with Gasteiger partial charge in [-0.05, 0) is 37.5 Å². The van der Waals surface area contributed by atoms with Crippen LogP contribution in [0.1, 0.15) is 452 Å². The van der Waals surface area contributed by atoms with Gasteiger partial charge in [-0.2, -0.15) is 0 Å². The number of carbonyl (C=O) groups excluding carboxylic acids is 4. The zero-order chi connectivity index (χ0) is 76.4. The Hall–Kier alpha value is -1.94. The lowest BCUT2D eigenvalue weighted by molar-refractivity contribution is -0.161. The molecule has 0 spiro atoms. The lowest BCUT2D eigenvalue weighted by atomic mass is 10.0. The molecular formula is C85H166O17P2. The maximum absolute atomic E-state index is 13.1. The Bertz CT molecular complexity index is 1990. The van der Waals surface area contributed by atoms with Crippen molar-refractivity contribution >= 4 is 39.5 Å². The van der Waals surface area contributed by atoms with Crippen LogP contribution >= 0.6 is 15.6 Å². The van der Waals surface area contributed by atoms with Crippen molar-refractivity contribution in [1.82, 2.24) is 0 Å². The van der Waals surface area contributed by atoms with Gasteiger partial charge in [0.25, 0.3) is 0 Å². The third kappa shape index (κ3) is 78.2. The molecule has 3 N–H and O–H groups in total. The predicted molar refractivity (Wildman–Crippen MR) is 428 cm³/mol. The van der Waals surface area contributed by atoms with Gasteiger partial charge in [0.1, 0.15) is 19.3 Å². The number of rotatable bonds is 84. The van der Waals surface area contributed by atoms with Crippen LogP contribution in [0.3, 0.4) is 0 Å². The van der Waals surface area contributed by atoms with Crippen molar-refractivity contribution in [3.8, 4) is 0 Å². The Morgan fingerprint density at radius 2 is 0.442 bits per heavy atom. The minimum atomic E-state index is -4.96. The fourth-order valence-electron chi connectivity index (χ4n) is 13.2. The molecule has 0 aliphatic carbocycles. The summed E-state index contributed by atoms with van der Waals surface area (Å²) < 4.78 is 68.9. The highest BCUT2D eigenvalue weighted by Crippen LogP contribution is 2.45. The van der Waals surface area contributed by atoms with Crippen LogP contribution in [0.15, 0.2) is 0 Å². The molecule has 0 aliphatic rings. The minimum absolute atomic E-state index is 0.107. The van der Waals surface area contributed by atoms with Gasteiger partial charge in [-0.25, -0.2) is 9.13 Å². The maximum Gasteiger partial charge on any atom is 0.472 e. The average Bonchev–Trinajstić information content (AvgIpc) is 0.907. The van der Waals surface area contributed by atoms with E-state index in [1.807, 2.05) is 0 Å². The maximum atomic E-state index is 13.1. The second-order valence-corrected chi connectivity index (χ2v) is 34.4. The van der Waals surface area contributed by atoms with Crippen LogP contribution in [0.5, 0.6) is 0 Å². The molecule has 0 saturated carbocycles. The fourth-order valence-corrected chi connectivity index (χ4v) is 14.8. The molecule has 0 aromatic heterocycles. The van der Waals surface area contributed by atoms with Gasteiger partial charge in [0.2, 0.25) is 0 Å². The van der Waals surface area contributed by atoms with E-state index >= 15 is 0 Å². The highest BCUT2D eigenvalue weighted by atomic mass is 31.2. The minimum Gasteiger partial charge on any atom is -0.462 e. The van der Waals surface area contributed by atoms with E-state index in [9.17, 15) is 43.2 Å². The van der Waals surface area contributed by atoms with E-state index in [0.29, 0.717) is 25.7 Å². The van der Waals surface area contributed by atoms with Crippen LogP contribution in [0.2, 0.25) is 0 Å². The molecule has 2 unspecified atom stereocenters. The van der Waals surface area contributed by atoms with Crippen LogP contribution in [0.4, 0.5) is 0 Å². The zero-order valence-electron chi connectivity index (χ0n) is 68.3. The fraction of sp³-hybridized carbons (Fsp3) is 0.953. The van der Waals surface area contributed by atoms with E-state index in [2.05, 4.69) is 41.5 Å². The average molecular weight is 1520 g/mol. The largest absolute Gasteiger partial charge is 0.472 e. The molecule has 0 saturated heterocycles. The number of aliphatic hydroxyl groups excluding tert-OH is 1. The van der Waals surface area contributed by atoms with Gasteiger partial charge in [0.05, 0.1) is 26.4 Å². The van der Waals surface area contributed by atoms with E-state index in [4.69, 9.17) is 37.0 Å². The molecule has 0 bridgehead atoms. The lowest BCUT2D eigenvalue weighted by Gasteiger charge is -2.21. The number of unbranched alkanes of at least 4 members (excludes halogenated alkanes) is 54. The molecule has 0 amide bonds. The van der Waals surface area contributed by atoms with Gasteiger partial charge in [-0.3, -0.25) is 37.3 Å². The summed E-state index contributed by atoms with van der Waals surface area (Å²) in [4.78, 5) is 73.2. The first kappa shape index (κ1) is 102. The van der Waals surface area contributed by atoms with Crippen molar-refractivity contribution in [3.63, 3.8) is 0 Å². The van der Waals surface area contributed by atoms with Crippen molar-refractivity contribution in [2.45, 2.75) is 471 Å². The van der Waals surface area contributed by atoms with Crippen molar-refractivity contribution in [1.29, 1.82) is 0 Å². The van der Waals surface area contributed by atoms with E-state index in [1.54, 1.807) is 0 Å². The second kappa shape index (κ2) is 76.4. The van der Waals surface area contributed by atoms with E-state index in [0.717, 1.165) is 102 Å². The second-order valence-electron chi connectivity index (χ2n) is 31.5. The summed E-state index contributed by atoms with van der Waals surface area (Å²) in [5, 5.41) is 10.7. The SMILES string of the molecule is CCCCCCCCCCCCCCCCCCCCCCCCC(=O)O[C@H](COC(=O)CCCCCCCCCCCCCCC(C)C)COP(=O)(O)OC[C@@H](O)COP(=O)(O)OC[C@@H](COC(=O)CCCCCCCCCCCCCC)OC(=O)CCCCCCCCCCCCCCC(C)C. The van der Waals surface area contributed by atoms with Gasteiger partial charge in [-0.15, -0.1) is 0 Å². The number of carbonyl (C=O) groups is 4. The molecule has 19 heteroatoms. The van der Waals surface area contributed by atoms with Crippen molar-refractivity contribution in [2.75, 3.05) is 39.6 Å². The number of phosphoric ester groups is 2. The van der Waals surface area contributed by atoms with Gasteiger partial charge in [-0.1, -0.05) is 401 Å². The number of hydrogen-bond acceptors (Lipinski definition) is 15. The first-order valence-corrected chi connectivity index (χ1v) is 47.0. The third-order valence-electron chi connectivity index (χ3n) is 20.0. The zero-order valence-corrected chi connectivity index (χ0v) is 70.1. The molecule has 0 rings (SSSR count). The van der Waals surface area contributed by atoms with Crippen molar-refractivity contribution in [3.05, 3.63) is 0 Å². The topological polar surface area (TPSA) is 237 Å². The van der Waals surface area contributed by atoms with Crippen LogP contribution in [-0.4, -0.2) is 96.7 Å². The smallest absolute Gasteiger partial charge is 0.462 e. The van der Waals surface area contributed by atoms with E-state index in [1.165, 1.54) is 270 Å². The summed E-state index contributed by atoms with van der Waals surface area (Å²) in [6, 6.07) is 0. The standard InChI is InChI=1S/C85H166O17P2/c1-7-9-11-13-15-17-19-21-22-23-24-25-26-27-28-29-30-39-45-51-57-63-69-84(89)101-81(74-96-83(88)68-62-56-50-44-38-33-31-35-41-47-53-59-65-77(3)4)76-100-104(93,94)98-72-79(86)71-97-103(91,92)99-75-80(73-95-82(87)67-61-55-49-43-37-20-18-16-14-12-10-8-2)102-85(90)70-64-58-52-46-40-34-32-36-42-48-54-60-66-78(5)6/h77-81,86H,7-76H2,1-6H3,(H,91,92)(H,93,94)/t79-,80+,81+/m0/s1. The predicted octanol–water partition coefficient (Wildman–Crippen LogP) is 25.8. The Balaban J connectivity index is 5.23. The Morgan fingerprint density at radius 1 is 0.260 bits per heavy atom. The summed E-state index contributed by atoms with van der Waals surface area (Å²) in [5.74, 6) is -0.544. The van der Waals surface area contributed by atoms with Crippen LogP contribution in [0.25, 0.3) is 0 Å². The van der Waals surface area contributed by atoms with Gasteiger partial charge in [0, 0.05) is 25.7 Å². The molecule has 0 aromatic rings. The molecule has 17 nitrogen and oxygen atoms in total. The van der Waals surface area contributed by atoms with Gasteiger partial charge >= 0.3 is 39.5 Å². The molecule has 618 valence electrons. The summed E-state index contributed by atoms with van der Waals surface area (Å²) in [7, 11) is -9.93. The van der Waals surface area contributed by atoms with Gasteiger partial charge in [0.15, 0.2) is 12.2 Å². The van der Waals surface area contributed by atoms with Crippen molar-refractivity contribution in [2.24, 2.45) is 11.8 Å². The quantitative estimate of drug-likeness (QED) is 0.0222. The van der Waals surface area contributed by atoms with Crippen LogP contribution < -0.4 is 0 Å². The molecule has 0 aromatic carbocycles. The normalized spacial score (nSPS) is 13.8. The summed E-state index contributed by atoms with van der Waals surface area (Å²) >= 11 is 0. The Labute approximate surface area is 638 Å². The lowest BCUT2D eigenvalue weighted by Crippen LogP contribution is -2.30. The molecular weight excluding hydrogens is 1350 g/mol. The third-order valence-corrected chi connectivity index (χ3v) is 21.9. The Morgan fingerprint density at radius 3 is 0.654 bits per heavy atom. The van der Waals surface area contributed by atoms with Crippen LogP contribution in [-0.2, 0) is 65.4 Å². The van der Waals surface area contributed by atoms with Crippen molar-refractivity contribution < 1.29 is 80.2 Å². The number of hydrogen-bond donors (Lipinski definition) is 3. The number of aliphatic hydroxyl groups is 1. The molecule has 0 radical (unpaired) electrons. The first-order chi connectivity index (χ1) is 50.4. The monoisotopic (exact) mass is 1520 g/mol. The number of phosphoric acid groups is 2. The molecule has 0 aliphatic heterocycles. The summed E-state index contributed by atoms with van der Waals surface area (Å²) in [5.41, 5.74) is 0. The molecule has 0 heterocycles. The number of ether oxygens (including phenoxy) is 4. The molecule has 0 fully saturated rings. The highest BCUT2D eigenvalue weighted by Gasteiger charge is 2.30. The summed E-state index contributed by atoms with van der Waals surface area (Å²) in [6.45, 7) is 9.68. The van der Waals surface area contributed by atoms with Crippen LogP contribution in [0, 0.1) is 11.8 Å². The van der Waals surface area contributed by atoms with E-state index < -0.39 is 97.5 Å². The molecule has 5 atom stereocenters. The highest BCUT2D eigenvalue weighted by molar-refractivity contribution is 7.47. The van der Waals surface area contributed by atoms with Gasteiger partial charge < -0.3 is 33.8 Å². The first-order valence-electron chi connectivity index (χ1n) is 44.0. The molecule has 104 heavy (non-hydrogen) atoms. The Kier molecular flexibility index (Phi) is 75.0. The summed E-state index contributed by atoms with van der Waals surface area (Å²) in [6.07, 6.45) is 68.0. The van der Waals surface area contributed by atoms with E-state index in [-0.39, 0.29) is 25.7 Å². The number of esters is 4.